The van der Waals surface area contributed by atoms with Crippen LogP contribution in [0.15, 0.2) is 24.5 Å². The number of carbonyl (C=O) groups is 1. The molecule has 2 N–H and O–H groups in total. The zero-order valence-electron chi connectivity index (χ0n) is 14.5. The van der Waals surface area contributed by atoms with E-state index in [1.54, 1.807) is 39.4 Å². The van der Waals surface area contributed by atoms with Crippen molar-refractivity contribution in [2.24, 2.45) is 0 Å². The SMILES string of the molecule is COCCN1CC(=O)Nc2ncc(-c3ccc(C(C)(C)O)nc3)nc21.[HH]. The van der Waals surface area contributed by atoms with Crippen molar-refractivity contribution < 1.29 is 16.1 Å². The monoisotopic (exact) mass is 345 g/mol. The second-order valence-electron chi connectivity index (χ2n) is 6.38. The van der Waals surface area contributed by atoms with Gasteiger partial charge in [0.15, 0.2) is 11.6 Å². The molecule has 3 rings (SSSR count). The number of anilines is 2. The number of amides is 1. The van der Waals surface area contributed by atoms with E-state index in [0.717, 1.165) is 5.56 Å². The number of pyridine rings is 1. The van der Waals surface area contributed by atoms with Crippen LogP contribution in [0.4, 0.5) is 11.6 Å². The van der Waals surface area contributed by atoms with Gasteiger partial charge in [0, 0.05) is 26.8 Å². The molecule has 0 aliphatic carbocycles. The Kier molecular flexibility index (Phi) is 4.65. The van der Waals surface area contributed by atoms with E-state index in [2.05, 4.69) is 20.3 Å². The normalized spacial score (nSPS) is 14.2. The third-order valence-electron chi connectivity index (χ3n) is 3.90. The Morgan fingerprint density at radius 3 is 2.80 bits per heavy atom. The molecule has 1 amide bonds. The molecule has 0 fully saturated rings. The van der Waals surface area contributed by atoms with Crippen LogP contribution in [0.3, 0.4) is 0 Å². The van der Waals surface area contributed by atoms with E-state index in [9.17, 15) is 9.90 Å². The molecule has 0 spiro atoms. The Balaban J connectivity index is 0.00000243. The van der Waals surface area contributed by atoms with Crippen LogP contribution >= 0.6 is 0 Å². The summed E-state index contributed by atoms with van der Waals surface area (Å²) in [7, 11) is 1.61. The number of rotatable bonds is 5. The molecular formula is C17H23N5O3. The Labute approximate surface area is 147 Å². The summed E-state index contributed by atoms with van der Waals surface area (Å²) in [6.07, 6.45) is 3.25. The molecule has 25 heavy (non-hydrogen) atoms. The predicted octanol–water partition coefficient (Wildman–Crippen LogP) is 1.42. The number of nitrogens with one attached hydrogen (secondary N) is 1. The average molecular weight is 345 g/mol. The molecule has 0 saturated heterocycles. The third kappa shape index (κ3) is 3.75. The first-order chi connectivity index (χ1) is 11.9. The van der Waals surface area contributed by atoms with Crippen molar-refractivity contribution in [2.45, 2.75) is 19.4 Å². The molecule has 0 unspecified atom stereocenters. The highest BCUT2D eigenvalue weighted by Crippen LogP contribution is 2.28. The van der Waals surface area contributed by atoms with Crippen LogP contribution in [0, 0.1) is 0 Å². The molecule has 3 heterocycles. The molecule has 134 valence electrons. The number of hydrogen-bond donors (Lipinski definition) is 2. The molecule has 2 aromatic rings. The topological polar surface area (TPSA) is 100 Å². The molecule has 0 aromatic carbocycles. The largest absolute Gasteiger partial charge is 0.384 e. The minimum absolute atomic E-state index is 0. The molecule has 0 radical (unpaired) electrons. The van der Waals surface area contributed by atoms with E-state index in [1.807, 2.05) is 11.0 Å². The fraction of sp³-hybridized carbons (Fsp3) is 0.412. The second kappa shape index (κ2) is 6.73. The van der Waals surface area contributed by atoms with Gasteiger partial charge in [0.25, 0.3) is 0 Å². The lowest BCUT2D eigenvalue weighted by molar-refractivity contribution is -0.115. The van der Waals surface area contributed by atoms with Crippen molar-refractivity contribution >= 4 is 17.5 Å². The molecule has 0 bridgehead atoms. The molecule has 0 saturated carbocycles. The molecule has 1 aliphatic rings. The molecule has 8 heteroatoms. The number of carbonyl (C=O) groups excluding carboxylic acids is 1. The van der Waals surface area contributed by atoms with Gasteiger partial charge in [-0.2, -0.15) is 0 Å². The summed E-state index contributed by atoms with van der Waals surface area (Å²) in [6.45, 7) is 4.62. The summed E-state index contributed by atoms with van der Waals surface area (Å²) in [5.74, 6) is 0.930. The Morgan fingerprint density at radius 1 is 1.36 bits per heavy atom. The number of methoxy groups -OCH3 is 1. The van der Waals surface area contributed by atoms with Gasteiger partial charge in [0.05, 0.1) is 30.7 Å². The van der Waals surface area contributed by atoms with Crippen molar-refractivity contribution in [1.29, 1.82) is 0 Å². The average Bonchev–Trinajstić information content (AvgIpc) is 2.58. The standard InChI is InChI=1S/C17H21N5O3.H2/c1-17(2,24)13-5-4-11(8-18-13)12-9-19-15-16(20-12)22(6-7-25-3)10-14(23)21-15;/h4-5,8-9,24H,6-7,10H2,1-3H3,(H,19,21,23);1H. The van der Waals surface area contributed by atoms with Crippen LogP contribution in [0.25, 0.3) is 11.3 Å². The summed E-state index contributed by atoms with van der Waals surface area (Å²) in [4.78, 5) is 26.9. The highest BCUT2D eigenvalue weighted by atomic mass is 16.5. The number of fused-ring (bicyclic) bond motifs is 1. The maximum Gasteiger partial charge on any atom is 0.245 e. The lowest BCUT2D eigenvalue weighted by atomic mass is 10.0. The van der Waals surface area contributed by atoms with Gasteiger partial charge < -0.3 is 20.1 Å². The zero-order chi connectivity index (χ0) is 18.0. The second-order valence-corrected chi connectivity index (χ2v) is 6.38. The fourth-order valence-corrected chi connectivity index (χ4v) is 2.54. The van der Waals surface area contributed by atoms with Crippen LogP contribution in [-0.2, 0) is 15.1 Å². The predicted molar refractivity (Wildman–Crippen MR) is 95.3 cm³/mol. The summed E-state index contributed by atoms with van der Waals surface area (Å²) >= 11 is 0. The van der Waals surface area contributed by atoms with Crippen LogP contribution in [0.5, 0.6) is 0 Å². The van der Waals surface area contributed by atoms with Crippen molar-refractivity contribution in [3.8, 4) is 11.3 Å². The van der Waals surface area contributed by atoms with Crippen molar-refractivity contribution in [1.82, 2.24) is 15.0 Å². The van der Waals surface area contributed by atoms with Gasteiger partial charge in [-0.15, -0.1) is 0 Å². The smallest absolute Gasteiger partial charge is 0.245 e. The highest BCUT2D eigenvalue weighted by Gasteiger charge is 2.25. The first kappa shape index (κ1) is 17.2. The molecule has 1 aliphatic heterocycles. The van der Waals surface area contributed by atoms with Gasteiger partial charge >= 0.3 is 0 Å². The number of hydrogen-bond acceptors (Lipinski definition) is 7. The number of aromatic nitrogens is 3. The lowest BCUT2D eigenvalue weighted by Gasteiger charge is -2.28. The van der Waals surface area contributed by atoms with E-state index in [4.69, 9.17) is 4.74 Å². The molecule has 2 aromatic heterocycles. The Morgan fingerprint density at radius 2 is 2.16 bits per heavy atom. The highest BCUT2D eigenvalue weighted by molar-refractivity contribution is 5.99. The van der Waals surface area contributed by atoms with E-state index < -0.39 is 5.60 Å². The summed E-state index contributed by atoms with van der Waals surface area (Å²) in [6, 6.07) is 3.61. The van der Waals surface area contributed by atoms with Crippen molar-refractivity contribution in [3.05, 3.63) is 30.2 Å². The van der Waals surface area contributed by atoms with E-state index in [-0.39, 0.29) is 13.9 Å². The van der Waals surface area contributed by atoms with E-state index in [1.165, 1.54) is 0 Å². The summed E-state index contributed by atoms with van der Waals surface area (Å²) in [5, 5.41) is 12.7. The van der Waals surface area contributed by atoms with Crippen LogP contribution in [0.1, 0.15) is 21.0 Å². The van der Waals surface area contributed by atoms with Gasteiger partial charge in [-0.1, -0.05) is 0 Å². The maximum absolute atomic E-state index is 11.8. The number of nitrogens with zero attached hydrogens (tertiary/aromatic N) is 4. The number of ether oxygens (including phenoxy) is 1. The third-order valence-corrected chi connectivity index (χ3v) is 3.90. The molecular weight excluding hydrogens is 322 g/mol. The lowest BCUT2D eigenvalue weighted by Crippen LogP contribution is -2.41. The van der Waals surface area contributed by atoms with Gasteiger partial charge in [-0.25, -0.2) is 9.97 Å². The molecule has 0 atom stereocenters. The van der Waals surface area contributed by atoms with Gasteiger partial charge in [-0.05, 0) is 26.0 Å². The van der Waals surface area contributed by atoms with Gasteiger partial charge in [-0.3, -0.25) is 9.78 Å². The first-order valence-electron chi connectivity index (χ1n) is 7.98. The number of aliphatic hydroxyl groups is 1. The fourth-order valence-electron chi connectivity index (χ4n) is 2.54. The van der Waals surface area contributed by atoms with Crippen LogP contribution in [0.2, 0.25) is 0 Å². The Hall–Kier alpha value is -2.58. The molecule has 8 nitrogen and oxygen atoms in total. The first-order valence-corrected chi connectivity index (χ1v) is 7.98. The minimum atomic E-state index is -0.999. The maximum atomic E-state index is 11.8. The summed E-state index contributed by atoms with van der Waals surface area (Å²) in [5.41, 5.74) is 1.01. The van der Waals surface area contributed by atoms with Crippen molar-refractivity contribution in [2.75, 3.05) is 37.0 Å². The Bertz CT molecular complexity index is 777. The van der Waals surface area contributed by atoms with Crippen LogP contribution in [-0.4, -0.2) is 52.8 Å². The zero-order valence-corrected chi connectivity index (χ0v) is 14.5. The quantitative estimate of drug-likeness (QED) is 0.845. The van der Waals surface area contributed by atoms with Gasteiger partial charge in [0.1, 0.15) is 5.60 Å². The summed E-state index contributed by atoms with van der Waals surface area (Å²) < 4.78 is 5.10. The minimum Gasteiger partial charge on any atom is -0.384 e. The van der Waals surface area contributed by atoms with E-state index >= 15 is 0 Å². The van der Waals surface area contributed by atoms with Crippen LogP contribution < -0.4 is 10.2 Å². The van der Waals surface area contributed by atoms with Gasteiger partial charge in [0.2, 0.25) is 5.91 Å². The van der Waals surface area contributed by atoms with Crippen molar-refractivity contribution in [3.63, 3.8) is 0 Å². The van der Waals surface area contributed by atoms with E-state index in [0.29, 0.717) is 36.2 Å².